The molecule has 0 fully saturated rings. The lowest BCUT2D eigenvalue weighted by molar-refractivity contribution is 0.102. The fourth-order valence-corrected chi connectivity index (χ4v) is 2.90. The van der Waals surface area contributed by atoms with Crippen molar-refractivity contribution in [2.45, 2.75) is 0 Å². The third kappa shape index (κ3) is 3.34. The molecule has 0 atom stereocenters. The van der Waals surface area contributed by atoms with Crippen LogP contribution in [0.25, 0.3) is 28.4 Å². The molecule has 0 radical (unpaired) electrons. The molecule has 1 amide bonds. The van der Waals surface area contributed by atoms with Crippen molar-refractivity contribution in [3.8, 4) is 17.3 Å². The topological polar surface area (TPSA) is 98.7 Å². The van der Waals surface area contributed by atoms with Crippen LogP contribution < -0.4 is 5.32 Å². The van der Waals surface area contributed by atoms with E-state index in [2.05, 4.69) is 25.5 Å². The molecule has 1 N–H and O–H groups in total. The number of nitrogens with one attached hydrogen (secondary N) is 1. The van der Waals surface area contributed by atoms with Crippen molar-refractivity contribution in [2.24, 2.45) is 0 Å². The molecule has 140 valence electrons. The smallest absolute Gasteiger partial charge is 0.274 e. The van der Waals surface area contributed by atoms with Crippen molar-refractivity contribution >= 4 is 22.7 Å². The predicted molar refractivity (Wildman–Crippen MR) is 107 cm³/mol. The van der Waals surface area contributed by atoms with Gasteiger partial charge in [0.15, 0.2) is 5.58 Å². The van der Waals surface area contributed by atoms with Crippen molar-refractivity contribution < 1.29 is 9.21 Å². The van der Waals surface area contributed by atoms with E-state index in [0.717, 1.165) is 16.7 Å². The molecule has 0 saturated carbocycles. The molecule has 8 nitrogen and oxygen atoms in total. The Morgan fingerprint density at radius 2 is 1.66 bits per heavy atom. The molecular formula is C21H14N6O2. The van der Waals surface area contributed by atoms with E-state index in [1.165, 1.54) is 12.7 Å². The van der Waals surface area contributed by atoms with Crippen LogP contribution in [0.5, 0.6) is 0 Å². The molecule has 0 aliphatic carbocycles. The first-order chi connectivity index (χ1) is 14.3. The Morgan fingerprint density at radius 1 is 0.862 bits per heavy atom. The Balaban J connectivity index is 1.34. The second-order valence-corrected chi connectivity index (χ2v) is 6.27. The van der Waals surface area contributed by atoms with Gasteiger partial charge in [-0.2, -0.15) is 0 Å². The second-order valence-electron chi connectivity index (χ2n) is 6.27. The molecule has 5 aromatic rings. The third-order valence-electron chi connectivity index (χ3n) is 4.33. The molecule has 3 aromatic heterocycles. The number of rotatable bonds is 4. The summed E-state index contributed by atoms with van der Waals surface area (Å²) in [7, 11) is 0. The highest BCUT2D eigenvalue weighted by molar-refractivity contribution is 6.03. The van der Waals surface area contributed by atoms with Crippen LogP contribution in [0.4, 0.5) is 5.69 Å². The van der Waals surface area contributed by atoms with Crippen LogP contribution in [0.3, 0.4) is 0 Å². The highest BCUT2D eigenvalue weighted by Crippen LogP contribution is 2.25. The largest absolute Gasteiger partial charge is 0.436 e. The van der Waals surface area contributed by atoms with E-state index in [-0.39, 0.29) is 5.91 Å². The van der Waals surface area contributed by atoms with Crippen LogP contribution >= 0.6 is 0 Å². The maximum absolute atomic E-state index is 12.6. The number of para-hydroxylation sites is 2. The van der Waals surface area contributed by atoms with Gasteiger partial charge >= 0.3 is 0 Å². The van der Waals surface area contributed by atoms with Gasteiger partial charge in [-0.25, -0.2) is 9.97 Å². The van der Waals surface area contributed by atoms with Crippen LogP contribution in [0.2, 0.25) is 0 Å². The monoisotopic (exact) mass is 382 g/mol. The van der Waals surface area contributed by atoms with Crippen LogP contribution in [-0.4, -0.2) is 30.6 Å². The van der Waals surface area contributed by atoms with Gasteiger partial charge < -0.3 is 9.73 Å². The molecule has 0 bridgehead atoms. The molecule has 8 heteroatoms. The van der Waals surface area contributed by atoms with E-state index >= 15 is 0 Å². The lowest BCUT2D eigenvalue weighted by Gasteiger charge is -2.07. The number of oxazole rings is 1. The summed E-state index contributed by atoms with van der Waals surface area (Å²) >= 11 is 0. The Bertz CT molecular complexity index is 1260. The fraction of sp³-hybridized carbons (Fsp3) is 0. The Kier molecular flexibility index (Phi) is 4.06. The van der Waals surface area contributed by atoms with Gasteiger partial charge in [0.1, 0.15) is 29.7 Å². The van der Waals surface area contributed by atoms with Gasteiger partial charge in [0, 0.05) is 11.3 Å². The quantitative estimate of drug-likeness (QED) is 0.509. The number of pyridine rings is 1. The van der Waals surface area contributed by atoms with Crippen molar-refractivity contribution in [3.63, 3.8) is 0 Å². The third-order valence-corrected chi connectivity index (χ3v) is 4.33. The molecule has 5 rings (SSSR count). The zero-order chi connectivity index (χ0) is 19.6. The Morgan fingerprint density at radius 3 is 2.45 bits per heavy atom. The average Bonchev–Trinajstić information content (AvgIpc) is 3.44. The van der Waals surface area contributed by atoms with Gasteiger partial charge in [0.05, 0.1) is 0 Å². The molecule has 0 unspecified atom stereocenters. The number of hydrogen-bond donors (Lipinski definition) is 1. The maximum atomic E-state index is 12.6. The first-order valence-corrected chi connectivity index (χ1v) is 8.86. The lowest BCUT2D eigenvalue weighted by atomic mass is 10.2. The lowest BCUT2D eigenvalue weighted by Crippen LogP contribution is -2.14. The minimum Gasteiger partial charge on any atom is -0.436 e. The van der Waals surface area contributed by atoms with Crippen LogP contribution in [0, 0.1) is 0 Å². The predicted octanol–water partition coefficient (Wildman–Crippen LogP) is 3.72. The number of hydrogen-bond acceptors (Lipinski definition) is 6. The number of carbonyl (C=O) groups excluding carboxylic acids is 1. The molecular weight excluding hydrogens is 368 g/mol. The van der Waals surface area contributed by atoms with Crippen LogP contribution in [0.15, 0.2) is 83.8 Å². The second kappa shape index (κ2) is 7.01. The molecule has 0 saturated heterocycles. The van der Waals surface area contributed by atoms with Gasteiger partial charge in [0.2, 0.25) is 5.89 Å². The van der Waals surface area contributed by atoms with Crippen molar-refractivity contribution in [2.75, 3.05) is 5.32 Å². The van der Waals surface area contributed by atoms with Crippen molar-refractivity contribution in [1.29, 1.82) is 0 Å². The molecule has 2 aromatic carbocycles. The van der Waals surface area contributed by atoms with E-state index in [1.54, 1.807) is 34.9 Å². The van der Waals surface area contributed by atoms with Crippen molar-refractivity contribution in [3.05, 3.63) is 85.1 Å². The van der Waals surface area contributed by atoms with Crippen molar-refractivity contribution in [1.82, 2.24) is 24.7 Å². The fourth-order valence-electron chi connectivity index (χ4n) is 2.90. The summed E-state index contributed by atoms with van der Waals surface area (Å²) in [4.78, 5) is 21.4. The number of fused-ring (bicyclic) bond motifs is 1. The molecule has 3 heterocycles. The highest BCUT2D eigenvalue weighted by Gasteiger charge is 2.11. The average molecular weight is 382 g/mol. The minimum absolute atomic E-state index is 0.291. The standard InChI is InChI=1S/C21H14N6O2/c28-20(17-5-3-7-19(25-17)27-12-22-23-13-27)24-15-10-8-14(9-11-15)21-26-16-4-1-2-6-18(16)29-21/h1-13H,(H,24,28). The van der Waals surface area contributed by atoms with Crippen LogP contribution in [-0.2, 0) is 0 Å². The first kappa shape index (κ1) is 16.8. The summed E-state index contributed by atoms with van der Waals surface area (Å²) in [6.45, 7) is 0. The first-order valence-electron chi connectivity index (χ1n) is 8.86. The summed E-state index contributed by atoms with van der Waals surface area (Å²) in [6, 6.07) is 20.1. The van der Waals surface area contributed by atoms with Crippen LogP contribution in [0.1, 0.15) is 10.5 Å². The molecule has 0 spiro atoms. The number of benzene rings is 2. The van der Waals surface area contributed by atoms with E-state index in [1.807, 2.05) is 36.4 Å². The summed E-state index contributed by atoms with van der Waals surface area (Å²) in [6.07, 6.45) is 3.05. The summed E-state index contributed by atoms with van der Waals surface area (Å²) < 4.78 is 7.40. The number of carbonyl (C=O) groups is 1. The normalized spacial score (nSPS) is 10.9. The number of aromatic nitrogens is 5. The zero-order valence-electron chi connectivity index (χ0n) is 15.1. The van der Waals surface area contributed by atoms with E-state index in [0.29, 0.717) is 23.1 Å². The van der Waals surface area contributed by atoms with Gasteiger partial charge in [-0.3, -0.25) is 9.36 Å². The number of amides is 1. The summed E-state index contributed by atoms with van der Waals surface area (Å²) in [5, 5.41) is 10.3. The molecule has 29 heavy (non-hydrogen) atoms. The van der Waals surface area contributed by atoms with E-state index in [4.69, 9.17) is 4.42 Å². The molecule has 0 aliphatic rings. The Labute approximate surface area is 164 Å². The van der Waals surface area contributed by atoms with E-state index in [9.17, 15) is 4.79 Å². The zero-order valence-corrected chi connectivity index (χ0v) is 15.1. The minimum atomic E-state index is -0.311. The van der Waals surface area contributed by atoms with Gasteiger partial charge in [-0.15, -0.1) is 10.2 Å². The maximum Gasteiger partial charge on any atom is 0.274 e. The van der Waals surface area contributed by atoms with Gasteiger partial charge in [0.25, 0.3) is 5.91 Å². The summed E-state index contributed by atoms with van der Waals surface area (Å²) in [5.74, 6) is 0.788. The highest BCUT2D eigenvalue weighted by atomic mass is 16.3. The SMILES string of the molecule is O=C(Nc1ccc(-c2nc3ccccc3o2)cc1)c1cccc(-n2cnnc2)n1. The molecule has 0 aliphatic heterocycles. The van der Waals surface area contributed by atoms with E-state index < -0.39 is 0 Å². The summed E-state index contributed by atoms with van der Waals surface area (Å²) in [5.41, 5.74) is 3.30. The Hall–Kier alpha value is -4.33. The number of nitrogens with zero attached hydrogens (tertiary/aromatic N) is 5. The van der Waals surface area contributed by atoms with Gasteiger partial charge in [-0.1, -0.05) is 18.2 Å². The van der Waals surface area contributed by atoms with Gasteiger partial charge in [-0.05, 0) is 48.5 Å². The number of anilines is 1.